The molecule has 0 spiro atoms. The molecule has 6 heteroatoms. The zero-order chi connectivity index (χ0) is 13.1. The molecule has 1 unspecified atom stereocenters. The third kappa shape index (κ3) is 3.05. The molecule has 1 aromatic rings. The second-order valence-electron chi connectivity index (χ2n) is 4.09. The van der Waals surface area contributed by atoms with Crippen LogP contribution in [0.4, 0.5) is 14.5 Å². The lowest BCUT2D eigenvalue weighted by atomic mass is 10.1. The van der Waals surface area contributed by atoms with E-state index < -0.39 is 23.6 Å². The Labute approximate surface area is 112 Å². The first-order valence-corrected chi connectivity index (χ1v) is 6.44. The van der Waals surface area contributed by atoms with Gasteiger partial charge in [0.05, 0.1) is 10.2 Å². The molecule has 1 N–H and O–H groups in total. The summed E-state index contributed by atoms with van der Waals surface area (Å²) in [6, 6.07) is 1.92. The van der Waals surface area contributed by atoms with Gasteiger partial charge in [0.25, 0.3) is 5.91 Å². The maximum Gasteiger partial charge on any atom is 0.253 e. The second kappa shape index (κ2) is 5.75. The van der Waals surface area contributed by atoms with Gasteiger partial charge < -0.3 is 10.1 Å². The third-order valence-electron chi connectivity index (χ3n) is 2.74. The number of amides is 1. The van der Waals surface area contributed by atoms with Crippen LogP contribution >= 0.6 is 15.9 Å². The van der Waals surface area contributed by atoms with Gasteiger partial charge in [-0.1, -0.05) is 0 Å². The van der Waals surface area contributed by atoms with Gasteiger partial charge in [-0.05, 0) is 41.3 Å². The van der Waals surface area contributed by atoms with Crippen molar-refractivity contribution >= 4 is 27.5 Å². The Morgan fingerprint density at radius 2 is 2.11 bits per heavy atom. The molecule has 1 heterocycles. The van der Waals surface area contributed by atoms with Crippen LogP contribution in [0.3, 0.4) is 0 Å². The van der Waals surface area contributed by atoms with Crippen molar-refractivity contribution in [3.05, 3.63) is 28.2 Å². The molecule has 1 amide bonds. The van der Waals surface area contributed by atoms with Gasteiger partial charge in [0, 0.05) is 12.7 Å². The molecule has 1 atom stereocenters. The van der Waals surface area contributed by atoms with E-state index >= 15 is 0 Å². The molecular weight excluding hydrogens is 308 g/mol. The predicted octanol–water partition coefficient (Wildman–Crippen LogP) is 3.23. The smallest absolute Gasteiger partial charge is 0.253 e. The van der Waals surface area contributed by atoms with Crippen molar-refractivity contribution in [3.8, 4) is 0 Å². The van der Waals surface area contributed by atoms with E-state index in [4.69, 9.17) is 4.74 Å². The topological polar surface area (TPSA) is 38.3 Å². The van der Waals surface area contributed by atoms with Crippen LogP contribution in [0.25, 0.3) is 0 Å². The van der Waals surface area contributed by atoms with Crippen LogP contribution in [0.2, 0.25) is 0 Å². The fourth-order valence-electron chi connectivity index (χ4n) is 1.78. The summed E-state index contributed by atoms with van der Waals surface area (Å²) in [5.41, 5.74) is -0.171. The van der Waals surface area contributed by atoms with E-state index in [1.165, 1.54) is 0 Å². The van der Waals surface area contributed by atoms with Crippen LogP contribution in [0.1, 0.15) is 19.3 Å². The Hall–Kier alpha value is -1.01. The van der Waals surface area contributed by atoms with Crippen LogP contribution < -0.4 is 5.32 Å². The highest BCUT2D eigenvalue weighted by Gasteiger charge is 2.23. The van der Waals surface area contributed by atoms with E-state index in [1.807, 2.05) is 0 Å². The highest BCUT2D eigenvalue weighted by molar-refractivity contribution is 9.10. The quantitative estimate of drug-likeness (QED) is 0.850. The van der Waals surface area contributed by atoms with Gasteiger partial charge in [0.2, 0.25) is 0 Å². The van der Waals surface area contributed by atoms with Gasteiger partial charge in [-0.15, -0.1) is 0 Å². The molecule has 98 valence electrons. The second-order valence-corrected chi connectivity index (χ2v) is 4.94. The molecule has 1 aliphatic heterocycles. The van der Waals surface area contributed by atoms with Crippen LogP contribution in [0, 0.1) is 11.6 Å². The molecule has 2 rings (SSSR count). The fourth-order valence-corrected chi connectivity index (χ4v) is 2.09. The van der Waals surface area contributed by atoms with Crippen LogP contribution in [-0.4, -0.2) is 18.6 Å². The first-order valence-electron chi connectivity index (χ1n) is 5.65. The largest absolute Gasteiger partial charge is 0.368 e. The van der Waals surface area contributed by atoms with Crippen molar-refractivity contribution < 1.29 is 18.3 Å². The van der Waals surface area contributed by atoms with Gasteiger partial charge in [-0.2, -0.15) is 0 Å². The number of carbonyl (C=O) groups is 1. The zero-order valence-corrected chi connectivity index (χ0v) is 11.1. The fraction of sp³-hybridized carbons (Fsp3) is 0.417. The summed E-state index contributed by atoms with van der Waals surface area (Å²) < 4.78 is 32.1. The number of anilines is 1. The predicted molar refractivity (Wildman–Crippen MR) is 66.3 cm³/mol. The molecule has 0 radical (unpaired) electrons. The molecule has 1 aromatic carbocycles. The normalized spacial score (nSPS) is 19.6. The third-order valence-corrected chi connectivity index (χ3v) is 3.35. The van der Waals surface area contributed by atoms with Crippen LogP contribution in [0.15, 0.2) is 16.6 Å². The lowest BCUT2D eigenvalue weighted by Crippen LogP contribution is -2.33. The van der Waals surface area contributed by atoms with E-state index in [0.29, 0.717) is 13.0 Å². The lowest BCUT2D eigenvalue weighted by molar-refractivity contribution is -0.130. The number of halogens is 3. The number of benzene rings is 1. The summed E-state index contributed by atoms with van der Waals surface area (Å²) in [5.74, 6) is -1.75. The molecule has 3 nitrogen and oxygen atoms in total. The Morgan fingerprint density at radius 3 is 2.78 bits per heavy atom. The van der Waals surface area contributed by atoms with Crippen molar-refractivity contribution in [1.82, 2.24) is 0 Å². The van der Waals surface area contributed by atoms with Crippen molar-refractivity contribution in [3.63, 3.8) is 0 Å². The number of rotatable bonds is 2. The van der Waals surface area contributed by atoms with Crippen LogP contribution in [-0.2, 0) is 9.53 Å². The summed E-state index contributed by atoms with van der Waals surface area (Å²) in [6.45, 7) is 0.523. The lowest BCUT2D eigenvalue weighted by Gasteiger charge is -2.21. The molecular formula is C12H12BrF2NO2. The molecule has 1 aliphatic rings. The first kappa shape index (κ1) is 13.4. The van der Waals surface area contributed by atoms with Crippen molar-refractivity contribution in [2.45, 2.75) is 25.4 Å². The minimum absolute atomic E-state index is 0.0203. The number of hydrogen-bond acceptors (Lipinski definition) is 2. The Morgan fingerprint density at radius 1 is 1.33 bits per heavy atom. The van der Waals surface area contributed by atoms with E-state index in [0.717, 1.165) is 25.0 Å². The van der Waals surface area contributed by atoms with E-state index in [9.17, 15) is 13.6 Å². The summed E-state index contributed by atoms with van der Waals surface area (Å²) in [7, 11) is 0. The molecule has 0 aliphatic carbocycles. The van der Waals surface area contributed by atoms with Crippen LogP contribution in [0.5, 0.6) is 0 Å². The van der Waals surface area contributed by atoms with E-state index in [-0.39, 0.29) is 10.2 Å². The zero-order valence-electron chi connectivity index (χ0n) is 9.51. The van der Waals surface area contributed by atoms with Crippen molar-refractivity contribution in [2.24, 2.45) is 0 Å². The summed E-state index contributed by atoms with van der Waals surface area (Å²) in [5, 5.41) is 2.35. The van der Waals surface area contributed by atoms with E-state index in [1.54, 1.807) is 0 Å². The molecule has 0 saturated carbocycles. The molecule has 1 saturated heterocycles. The summed E-state index contributed by atoms with van der Waals surface area (Å²) in [4.78, 5) is 11.8. The van der Waals surface area contributed by atoms with Gasteiger partial charge in [-0.3, -0.25) is 4.79 Å². The SMILES string of the molecule is O=C(Nc1cc(F)c(Br)cc1F)C1CCCCO1. The van der Waals surface area contributed by atoms with E-state index in [2.05, 4.69) is 21.2 Å². The molecule has 1 fully saturated rings. The summed E-state index contributed by atoms with van der Waals surface area (Å²) >= 11 is 2.87. The number of hydrogen-bond donors (Lipinski definition) is 1. The Kier molecular flexibility index (Phi) is 4.29. The first-order chi connectivity index (χ1) is 8.58. The van der Waals surface area contributed by atoms with Gasteiger partial charge in [0.15, 0.2) is 0 Å². The monoisotopic (exact) mass is 319 g/mol. The van der Waals surface area contributed by atoms with Gasteiger partial charge >= 0.3 is 0 Å². The van der Waals surface area contributed by atoms with Crippen molar-refractivity contribution in [2.75, 3.05) is 11.9 Å². The highest BCUT2D eigenvalue weighted by Crippen LogP contribution is 2.24. The Bertz CT molecular complexity index is 462. The average molecular weight is 320 g/mol. The number of ether oxygens (including phenoxy) is 1. The average Bonchev–Trinajstić information content (AvgIpc) is 2.37. The minimum Gasteiger partial charge on any atom is -0.368 e. The number of nitrogens with one attached hydrogen (secondary N) is 1. The standard InChI is InChI=1S/C12H12BrF2NO2/c13-7-5-9(15)10(6-8(7)14)16-12(17)11-3-1-2-4-18-11/h5-6,11H,1-4H2,(H,16,17). The summed E-state index contributed by atoms with van der Waals surface area (Å²) in [6.07, 6.45) is 1.84. The maximum absolute atomic E-state index is 13.5. The van der Waals surface area contributed by atoms with Gasteiger partial charge in [-0.25, -0.2) is 8.78 Å². The molecule has 18 heavy (non-hydrogen) atoms. The number of carbonyl (C=O) groups excluding carboxylic acids is 1. The van der Waals surface area contributed by atoms with Crippen molar-refractivity contribution in [1.29, 1.82) is 0 Å². The highest BCUT2D eigenvalue weighted by atomic mass is 79.9. The maximum atomic E-state index is 13.5. The Balaban J connectivity index is 2.08. The minimum atomic E-state index is -0.688. The van der Waals surface area contributed by atoms with Gasteiger partial charge in [0.1, 0.15) is 17.7 Å². The molecule has 0 aromatic heterocycles. The molecule has 0 bridgehead atoms.